The van der Waals surface area contributed by atoms with Gasteiger partial charge < -0.3 is 10.2 Å². The molecule has 2 atom stereocenters. The van der Waals surface area contributed by atoms with Gasteiger partial charge in [0, 0.05) is 12.1 Å². The average molecular weight is 238 g/mol. The van der Waals surface area contributed by atoms with E-state index in [0.717, 1.165) is 24.5 Å². The van der Waals surface area contributed by atoms with Crippen LogP contribution in [0, 0.1) is 5.92 Å². The molecule has 2 unspecified atom stereocenters. The highest BCUT2D eigenvalue weighted by atomic mass is 15.2. The molecule has 0 aromatic heterocycles. The van der Waals surface area contributed by atoms with Crippen LogP contribution in [0.1, 0.15) is 58.8 Å². The number of likely N-dealkylation sites (tertiary alicyclic amines) is 1. The Morgan fingerprint density at radius 3 is 2.47 bits per heavy atom. The van der Waals surface area contributed by atoms with Crippen molar-refractivity contribution >= 4 is 0 Å². The van der Waals surface area contributed by atoms with E-state index in [1.165, 1.54) is 58.0 Å². The summed E-state index contributed by atoms with van der Waals surface area (Å²) in [5.41, 5.74) is 0. The van der Waals surface area contributed by atoms with Crippen LogP contribution in [0.5, 0.6) is 0 Å². The Hall–Kier alpha value is -0.0800. The zero-order chi connectivity index (χ0) is 12.1. The molecule has 2 aliphatic rings. The summed E-state index contributed by atoms with van der Waals surface area (Å²) in [6.45, 7) is 8.44. The van der Waals surface area contributed by atoms with Crippen LogP contribution in [-0.4, -0.2) is 36.6 Å². The minimum atomic E-state index is 0.793. The molecule has 1 heterocycles. The first-order valence-corrected chi connectivity index (χ1v) is 7.77. The van der Waals surface area contributed by atoms with Gasteiger partial charge in [-0.1, -0.05) is 26.7 Å². The first-order valence-electron chi connectivity index (χ1n) is 7.77. The molecular weight excluding hydrogens is 208 g/mol. The fourth-order valence-electron chi connectivity index (χ4n) is 3.59. The third kappa shape index (κ3) is 3.96. The molecule has 1 saturated heterocycles. The largest absolute Gasteiger partial charge is 0.314 e. The monoisotopic (exact) mass is 238 g/mol. The zero-order valence-corrected chi connectivity index (χ0v) is 11.8. The van der Waals surface area contributed by atoms with Crippen molar-refractivity contribution in [3.8, 4) is 0 Å². The standard InChI is InChI=1S/C15H30N2/c1-3-16-14-9-11-17(12-10-14)15-6-4-5-13(2)7-8-15/h13-16H,3-12H2,1-2H3. The number of hydrogen-bond donors (Lipinski definition) is 1. The van der Waals surface area contributed by atoms with E-state index >= 15 is 0 Å². The summed E-state index contributed by atoms with van der Waals surface area (Å²) in [7, 11) is 0. The molecule has 100 valence electrons. The summed E-state index contributed by atoms with van der Waals surface area (Å²) in [6.07, 6.45) is 10.0. The van der Waals surface area contributed by atoms with E-state index in [1.807, 2.05) is 0 Å². The molecule has 17 heavy (non-hydrogen) atoms. The fraction of sp³-hybridized carbons (Fsp3) is 1.00. The van der Waals surface area contributed by atoms with Crippen molar-refractivity contribution in [1.82, 2.24) is 10.2 Å². The van der Waals surface area contributed by atoms with Gasteiger partial charge in [-0.3, -0.25) is 0 Å². The number of rotatable bonds is 3. The van der Waals surface area contributed by atoms with Gasteiger partial charge in [-0.05, 0) is 57.7 Å². The second-order valence-corrected chi connectivity index (χ2v) is 6.14. The third-order valence-electron chi connectivity index (χ3n) is 4.77. The Bertz CT molecular complexity index is 209. The molecule has 0 amide bonds. The number of hydrogen-bond acceptors (Lipinski definition) is 2. The van der Waals surface area contributed by atoms with Gasteiger partial charge in [-0.15, -0.1) is 0 Å². The minimum Gasteiger partial charge on any atom is -0.314 e. The fourth-order valence-corrected chi connectivity index (χ4v) is 3.59. The van der Waals surface area contributed by atoms with Crippen molar-refractivity contribution in [1.29, 1.82) is 0 Å². The van der Waals surface area contributed by atoms with Crippen LogP contribution in [0.15, 0.2) is 0 Å². The molecule has 0 bridgehead atoms. The lowest BCUT2D eigenvalue weighted by Crippen LogP contribution is -2.46. The van der Waals surface area contributed by atoms with Crippen LogP contribution in [0.4, 0.5) is 0 Å². The number of nitrogens with one attached hydrogen (secondary N) is 1. The maximum atomic E-state index is 3.60. The molecule has 0 radical (unpaired) electrons. The molecule has 1 aliphatic carbocycles. The van der Waals surface area contributed by atoms with Crippen LogP contribution in [0.3, 0.4) is 0 Å². The predicted octanol–water partition coefficient (Wildman–Crippen LogP) is 3.03. The molecule has 0 aromatic carbocycles. The molecule has 0 aromatic rings. The minimum absolute atomic E-state index is 0.793. The lowest BCUT2D eigenvalue weighted by atomic mass is 9.99. The highest BCUT2D eigenvalue weighted by Crippen LogP contribution is 2.27. The summed E-state index contributed by atoms with van der Waals surface area (Å²) in [6, 6.07) is 1.70. The molecule has 2 nitrogen and oxygen atoms in total. The van der Waals surface area contributed by atoms with E-state index in [-0.39, 0.29) is 0 Å². The predicted molar refractivity (Wildman–Crippen MR) is 74.3 cm³/mol. The van der Waals surface area contributed by atoms with Gasteiger partial charge in [-0.25, -0.2) is 0 Å². The Morgan fingerprint density at radius 1 is 1.00 bits per heavy atom. The Morgan fingerprint density at radius 2 is 1.76 bits per heavy atom. The molecule has 1 saturated carbocycles. The van der Waals surface area contributed by atoms with Gasteiger partial charge in [0.25, 0.3) is 0 Å². The van der Waals surface area contributed by atoms with Gasteiger partial charge in [0.15, 0.2) is 0 Å². The maximum absolute atomic E-state index is 3.60. The molecule has 2 fully saturated rings. The van der Waals surface area contributed by atoms with Crippen LogP contribution in [0.2, 0.25) is 0 Å². The third-order valence-corrected chi connectivity index (χ3v) is 4.77. The number of piperidine rings is 1. The second-order valence-electron chi connectivity index (χ2n) is 6.14. The SMILES string of the molecule is CCNC1CCN(C2CCCC(C)CC2)CC1. The second kappa shape index (κ2) is 6.75. The van der Waals surface area contributed by atoms with Crippen molar-refractivity contribution in [3.63, 3.8) is 0 Å². The average Bonchev–Trinajstić information content (AvgIpc) is 2.56. The Balaban J connectivity index is 1.75. The van der Waals surface area contributed by atoms with Gasteiger partial charge in [-0.2, -0.15) is 0 Å². The molecule has 0 spiro atoms. The highest BCUT2D eigenvalue weighted by molar-refractivity contribution is 4.83. The molecule has 2 rings (SSSR count). The van der Waals surface area contributed by atoms with Crippen molar-refractivity contribution in [2.24, 2.45) is 5.92 Å². The normalized spacial score (nSPS) is 33.5. The van der Waals surface area contributed by atoms with Crippen LogP contribution in [-0.2, 0) is 0 Å². The lowest BCUT2D eigenvalue weighted by molar-refractivity contribution is 0.131. The van der Waals surface area contributed by atoms with Gasteiger partial charge in [0.2, 0.25) is 0 Å². The van der Waals surface area contributed by atoms with Crippen LogP contribution < -0.4 is 5.32 Å². The summed E-state index contributed by atoms with van der Waals surface area (Å²) in [5.74, 6) is 0.972. The number of nitrogens with zero attached hydrogens (tertiary/aromatic N) is 1. The smallest absolute Gasteiger partial charge is 0.00953 e. The van der Waals surface area contributed by atoms with Crippen molar-refractivity contribution in [3.05, 3.63) is 0 Å². The van der Waals surface area contributed by atoms with E-state index in [1.54, 1.807) is 0 Å². The lowest BCUT2D eigenvalue weighted by Gasteiger charge is -2.37. The first kappa shape index (κ1) is 13.4. The van der Waals surface area contributed by atoms with Gasteiger partial charge in [0.1, 0.15) is 0 Å². The van der Waals surface area contributed by atoms with Crippen molar-refractivity contribution in [2.75, 3.05) is 19.6 Å². The zero-order valence-electron chi connectivity index (χ0n) is 11.8. The van der Waals surface area contributed by atoms with Crippen molar-refractivity contribution in [2.45, 2.75) is 70.9 Å². The van der Waals surface area contributed by atoms with E-state index in [4.69, 9.17) is 0 Å². The molecule has 1 N–H and O–H groups in total. The van der Waals surface area contributed by atoms with Crippen molar-refractivity contribution < 1.29 is 0 Å². The van der Waals surface area contributed by atoms with E-state index < -0.39 is 0 Å². The molecule has 2 heteroatoms. The quantitative estimate of drug-likeness (QED) is 0.760. The van der Waals surface area contributed by atoms with E-state index in [2.05, 4.69) is 24.1 Å². The van der Waals surface area contributed by atoms with E-state index in [0.29, 0.717) is 0 Å². The summed E-state index contributed by atoms with van der Waals surface area (Å²) < 4.78 is 0. The Kier molecular flexibility index (Phi) is 5.30. The maximum Gasteiger partial charge on any atom is 0.00953 e. The highest BCUT2D eigenvalue weighted by Gasteiger charge is 2.26. The molecule has 1 aliphatic heterocycles. The summed E-state index contributed by atoms with van der Waals surface area (Å²) in [5, 5.41) is 3.60. The van der Waals surface area contributed by atoms with Gasteiger partial charge >= 0.3 is 0 Å². The van der Waals surface area contributed by atoms with Gasteiger partial charge in [0.05, 0.1) is 0 Å². The molecular formula is C15H30N2. The summed E-state index contributed by atoms with van der Waals surface area (Å²) >= 11 is 0. The Labute approximate surface area is 107 Å². The summed E-state index contributed by atoms with van der Waals surface area (Å²) in [4.78, 5) is 2.78. The first-order chi connectivity index (χ1) is 8.29. The van der Waals surface area contributed by atoms with Crippen LogP contribution in [0.25, 0.3) is 0 Å². The topological polar surface area (TPSA) is 15.3 Å². The van der Waals surface area contributed by atoms with E-state index in [9.17, 15) is 0 Å². The van der Waals surface area contributed by atoms with Crippen LogP contribution >= 0.6 is 0 Å².